The Hall–Kier alpha value is -2.10. The van der Waals surface area contributed by atoms with Crippen LogP contribution >= 0.6 is 0 Å². The maximum absolute atomic E-state index is 10.8. The van der Waals surface area contributed by atoms with E-state index >= 15 is 0 Å². The van der Waals surface area contributed by atoms with Crippen LogP contribution in [0.25, 0.3) is 11.3 Å². The number of aliphatic carboxylic acids is 1. The lowest BCUT2D eigenvalue weighted by Gasteiger charge is -1.99. The number of benzene rings is 1. The highest BCUT2D eigenvalue weighted by molar-refractivity contribution is 5.68. The van der Waals surface area contributed by atoms with Crippen molar-refractivity contribution in [3.63, 3.8) is 0 Å². The zero-order chi connectivity index (χ0) is 15.1. The van der Waals surface area contributed by atoms with Gasteiger partial charge in [-0.05, 0) is 6.42 Å². The summed E-state index contributed by atoms with van der Waals surface area (Å²) in [5.41, 5.74) is 1.76. The maximum atomic E-state index is 10.8. The number of aryl methyl sites for hydroxylation is 2. The number of rotatable bonds is 8. The van der Waals surface area contributed by atoms with Crippen molar-refractivity contribution in [2.75, 3.05) is 0 Å². The van der Waals surface area contributed by atoms with Gasteiger partial charge >= 0.3 is 5.97 Å². The lowest BCUT2D eigenvalue weighted by molar-refractivity contribution is -0.137. The summed E-state index contributed by atoms with van der Waals surface area (Å²) in [5.74, 6) is 0.565. The number of aromatic nitrogens is 1. The first-order chi connectivity index (χ1) is 10.2. The molecule has 0 aliphatic rings. The lowest BCUT2D eigenvalue weighted by atomic mass is 10.1. The Kier molecular flexibility index (Phi) is 5.55. The molecule has 0 fully saturated rings. The lowest BCUT2D eigenvalue weighted by Crippen LogP contribution is -1.97. The number of carboxylic acids is 1. The molecule has 4 heteroatoms. The molecular weight excluding hydrogens is 266 g/mol. The summed E-state index contributed by atoms with van der Waals surface area (Å²) < 4.78 is 5.79. The first kappa shape index (κ1) is 15.3. The molecule has 0 atom stereocenters. The summed E-state index contributed by atoms with van der Waals surface area (Å²) in [7, 11) is 0. The number of carbonyl (C=O) groups is 1. The molecule has 2 aromatic rings. The Morgan fingerprint density at radius 2 is 1.95 bits per heavy atom. The number of oxazole rings is 1. The highest BCUT2D eigenvalue weighted by Gasteiger charge is 2.15. The van der Waals surface area contributed by atoms with Crippen molar-refractivity contribution in [3.8, 4) is 11.3 Å². The zero-order valence-corrected chi connectivity index (χ0v) is 12.3. The largest absolute Gasteiger partial charge is 0.481 e. The Morgan fingerprint density at radius 1 is 1.19 bits per heavy atom. The van der Waals surface area contributed by atoms with Gasteiger partial charge in [0.25, 0.3) is 0 Å². The predicted molar refractivity (Wildman–Crippen MR) is 81.1 cm³/mol. The predicted octanol–water partition coefficient (Wildman–Crippen LogP) is 4.09. The third kappa shape index (κ3) is 4.45. The van der Waals surface area contributed by atoms with Crippen molar-refractivity contribution in [1.82, 2.24) is 4.98 Å². The average Bonchev–Trinajstić information content (AvgIpc) is 2.89. The molecule has 0 saturated carbocycles. The minimum atomic E-state index is -0.821. The molecule has 1 aromatic heterocycles. The second-order valence-corrected chi connectivity index (χ2v) is 5.10. The molecule has 0 aliphatic heterocycles. The van der Waals surface area contributed by atoms with Gasteiger partial charge in [0.15, 0.2) is 5.89 Å². The molecule has 0 amide bonds. The maximum Gasteiger partial charge on any atom is 0.303 e. The molecule has 0 unspecified atom stereocenters. The van der Waals surface area contributed by atoms with Crippen LogP contribution in [0.2, 0.25) is 0 Å². The van der Waals surface area contributed by atoms with Crippen LogP contribution in [0.15, 0.2) is 34.7 Å². The highest BCUT2D eigenvalue weighted by atomic mass is 16.4. The van der Waals surface area contributed by atoms with E-state index in [2.05, 4.69) is 11.9 Å². The fraction of sp³-hybridized carbons (Fsp3) is 0.412. The summed E-state index contributed by atoms with van der Waals surface area (Å²) in [6, 6.07) is 9.78. The molecule has 0 spiro atoms. The van der Waals surface area contributed by atoms with Crippen molar-refractivity contribution in [3.05, 3.63) is 42.0 Å². The molecular formula is C17H21NO3. The fourth-order valence-electron chi connectivity index (χ4n) is 2.25. The van der Waals surface area contributed by atoms with Crippen LogP contribution in [0, 0.1) is 0 Å². The van der Waals surface area contributed by atoms with Gasteiger partial charge < -0.3 is 9.52 Å². The van der Waals surface area contributed by atoms with E-state index in [4.69, 9.17) is 9.52 Å². The second-order valence-electron chi connectivity index (χ2n) is 5.10. The number of nitrogens with zero attached hydrogens (tertiary/aromatic N) is 1. The second kappa shape index (κ2) is 7.62. The molecule has 2 rings (SSSR count). The third-order valence-electron chi connectivity index (χ3n) is 3.35. The van der Waals surface area contributed by atoms with Gasteiger partial charge in [-0.1, -0.05) is 50.1 Å². The number of hydrogen-bond donors (Lipinski definition) is 1. The molecule has 21 heavy (non-hydrogen) atoms. The van der Waals surface area contributed by atoms with Gasteiger partial charge in [-0.15, -0.1) is 0 Å². The van der Waals surface area contributed by atoms with Crippen molar-refractivity contribution >= 4 is 5.97 Å². The third-order valence-corrected chi connectivity index (χ3v) is 3.35. The molecule has 1 aromatic carbocycles. The average molecular weight is 287 g/mol. The Balaban J connectivity index is 2.20. The van der Waals surface area contributed by atoms with Gasteiger partial charge in [0, 0.05) is 18.4 Å². The Labute approximate surface area is 124 Å². The van der Waals surface area contributed by atoms with Crippen molar-refractivity contribution in [2.45, 2.75) is 45.4 Å². The zero-order valence-electron chi connectivity index (χ0n) is 12.3. The van der Waals surface area contributed by atoms with Crippen LogP contribution in [0.4, 0.5) is 0 Å². The van der Waals surface area contributed by atoms with Crippen molar-refractivity contribution in [1.29, 1.82) is 0 Å². The van der Waals surface area contributed by atoms with Crippen LogP contribution in [0.1, 0.15) is 44.3 Å². The number of unbranched alkanes of at least 4 members (excludes halogenated alkanes) is 2. The summed E-state index contributed by atoms with van der Waals surface area (Å²) in [6.45, 7) is 2.16. The van der Waals surface area contributed by atoms with Gasteiger partial charge in [0.2, 0.25) is 0 Å². The van der Waals surface area contributed by atoms with Crippen LogP contribution in [-0.2, 0) is 17.6 Å². The summed E-state index contributed by atoms with van der Waals surface area (Å²) >= 11 is 0. The quantitative estimate of drug-likeness (QED) is 0.743. The molecule has 0 bridgehead atoms. The van der Waals surface area contributed by atoms with E-state index in [-0.39, 0.29) is 6.42 Å². The smallest absolute Gasteiger partial charge is 0.303 e. The van der Waals surface area contributed by atoms with E-state index in [9.17, 15) is 4.79 Å². The molecule has 1 heterocycles. The van der Waals surface area contributed by atoms with Gasteiger partial charge in [-0.3, -0.25) is 4.79 Å². The number of hydrogen-bond acceptors (Lipinski definition) is 3. The molecule has 112 valence electrons. The Bertz CT molecular complexity index is 575. The molecule has 1 N–H and O–H groups in total. The normalized spacial score (nSPS) is 10.7. The highest BCUT2D eigenvalue weighted by Crippen LogP contribution is 2.25. The first-order valence-corrected chi connectivity index (χ1v) is 7.46. The molecule has 4 nitrogen and oxygen atoms in total. The van der Waals surface area contributed by atoms with Gasteiger partial charge in [-0.25, -0.2) is 4.98 Å². The van der Waals surface area contributed by atoms with E-state index < -0.39 is 5.97 Å². The summed E-state index contributed by atoms with van der Waals surface area (Å²) in [6.07, 6.45) is 4.58. The Morgan fingerprint density at radius 3 is 2.62 bits per heavy atom. The van der Waals surface area contributed by atoms with E-state index in [1.165, 1.54) is 0 Å². The molecule has 0 radical (unpaired) electrons. The van der Waals surface area contributed by atoms with Crippen LogP contribution in [0.3, 0.4) is 0 Å². The van der Waals surface area contributed by atoms with E-state index in [1.54, 1.807) is 0 Å². The van der Waals surface area contributed by atoms with E-state index in [0.717, 1.165) is 36.9 Å². The molecule has 0 aliphatic carbocycles. The van der Waals surface area contributed by atoms with Crippen LogP contribution < -0.4 is 0 Å². The molecule has 0 saturated heterocycles. The summed E-state index contributed by atoms with van der Waals surface area (Å²) in [5, 5.41) is 8.85. The fourth-order valence-corrected chi connectivity index (χ4v) is 2.25. The minimum absolute atomic E-state index is 0.0590. The van der Waals surface area contributed by atoms with Gasteiger partial charge in [0.1, 0.15) is 11.5 Å². The van der Waals surface area contributed by atoms with Gasteiger partial charge in [0.05, 0.1) is 6.42 Å². The van der Waals surface area contributed by atoms with E-state index in [1.807, 2.05) is 30.3 Å². The van der Waals surface area contributed by atoms with E-state index in [0.29, 0.717) is 18.1 Å². The SMILES string of the molecule is CCCCCc1nc(-c2ccccc2)c(CCC(=O)O)o1. The standard InChI is InChI=1S/C17H21NO3/c1-2-3-5-10-15-18-17(13-8-6-4-7-9-13)14(21-15)11-12-16(19)20/h4,6-9H,2-3,5,10-12H2,1H3,(H,19,20). The first-order valence-electron chi connectivity index (χ1n) is 7.46. The van der Waals surface area contributed by atoms with Crippen LogP contribution in [0.5, 0.6) is 0 Å². The van der Waals surface area contributed by atoms with Crippen molar-refractivity contribution in [2.24, 2.45) is 0 Å². The minimum Gasteiger partial charge on any atom is -0.481 e. The van der Waals surface area contributed by atoms with Gasteiger partial charge in [-0.2, -0.15) is 0 Å². The summed E-state index contributed by atoms with van der Waals surface area (Å²) in [4.78, 5) is 15.3. The monoisotopic (exact) mass is 287 g/mol. The number of carboxylic acid groups (broad SMARTS) is 1. The topological polar surface area (TPSA) is 63.3 Å². The van der Waals surface area contributed by atoms with Crippen molar-refractivity contribution < 1.29 is 14.3 Å². The van der Waals surface area contributed by atoms with Crippen LogP contribution in [-0.4, -0.2) is 16.1 Å².